The van der Waals surface area contributed by atoms with Crippen molar-refractivity contribution in [3.63, 3.8) is 0 Å². The summed E-state index contributed by atoms with van der Waals surface area (Å²) in [5, 5.41) is 4.12. The minimum Gasteiger partial charge on any atom is -0.337 e. The summed E-state index contributed by atoms with van der Waals surface area (Å²) in [4.78, 5) is 34.7. The summed E-state index contributed by atoms with van der Waals surface area (Å²) in [7, 11) is 3.53. The Labute approximate surface area is 164 Å². The summed E-state index contributed by atoms with van der Waals surface area (Å²) < 4.78 is 1.70. The highest BCUT2D eigenvalue weighted by Gasteiger charge is 2.52. The van der Waals surface area contributed by atoms with Crippen molar-refractivity contribution in [1.82, 2.24) is 24.6 Å². The van der Waals surface area contributed by atoms with Crippen LogP contribution in [-0.4, -0.2) is 37.6 Å². The van der Waals surface area contributed by atoms with Crippen molar-refractivity contribution in [1.29, 1.82) is 0 Å². The lowest BCUT2D eigenvalue weighted by Gasteiger charge is -2.56. The van der Waals surface area contributed by atoms with Crippen LogP contribution in [0.2, 0.25) is 0 Å². The monoisotopic (exact) mass is 381 g/mol. The number of carbonyl (C=O) groups is 1. The molecule has 28 heavy (non-hydrogen) atoms. The number of carbonyl (C=O) groups excluding carboxylic acids is 1. The van der Waals surface area contributed by atoms with Crippen molar-refractivity contribution in [2.45, 2.75) is 50.5 Å². The van der Waals surface area contributed by atoms with Gasteiger partial charge in [0.05, 0.1) is 6.20 Å². The highest BCUT2D eigenvalue weighted by atomic mass is 16.2. The highest BCUT2D eigenvalue weighted by Crippen LogP contribution is 2.59. The molecule has 148 valence electrons. The van der Waals surface area contributed by atoms with E-state index in [0.717, 1.165) is 48.4 Å². The second-order valence-corrected chi connectivity index (χ2v) is 9.36. The third-order valence-corrected chi connectivity index (χ3v) is 7.10. The molecule has 2 aromatic heterocycles. The van der Waals surface area contributed by atoms with Crippen LogP contribution in [-0.2, 0) is 19.0 Å². The van der Waals surface area contributed by atoms with Crippen LogP contribution in [0.1, 0.15) is 60.3 Å². The minimum absolute atomic E-state index is 0.0249. The molecule has 2 aromatic rings. The number of aryl methyl sites for hydroxylation is 1. The quantitative estimate of drug-likeness (QED) is 0.880. The lowest BCUT2D eigenvalue weighted by Crippen LogP contribution is -2.50. The molecule has 7 nitrogen and oxygen atoms in total. The van der Waals surface area contributed by atoms with Crippen LogP contribution in [0.5, 0.6) is 0 Å². The molecule has 4 aliphatic carbocycles. The van der Waals surface area contributed by atoms with Crippen LogP contribution in [0.4, 0.5) is 0 Å². The molecule has 4 aliphatic rings. The number of nitrogens with one attached hydrogen (secondary N) is 1. The number of amides is 1. The summed E-state index contributed by atoms with van der Waals surface area (Å²) in [6.07, 6.45) is 12.5. The fourth-order valence-electron chi connectivity index (χ4n) is 6.32. The van der Waals surface area contributed by atoms with Gasteiger partial charge in [0.2, 0.25) is 0 Å². The number of aromatic nitrogens is 4. The van der Waals surface area contributed by atoms with E-state index in [2.05, 4.69) is 15.1 Å². The predicted molar refractivity (Wildman–Crippen MR) is 104 cm³/mol. The minimum atomic E-state index is -0.316. The Balaban J connectivity index is 1.38. The molecule has 4 bridgehead atoms. The molecule has 1 amide bonds. The zero-order valence-electron chi connectivity index (χ0n) is 16.5. The summed E-state index contributed by atoms with van der Waals surface area (Å²) in [5.74, 6) is 2.84. The third kappa shape index (κ3) is 2.88. The zero-order chi connectivity index (χ0) is 19.5. The van der Waals surface area contributed by atoms with Crippen LogP contribution in [0.15, 0.2) is 23.4 Å². The van der Waals surface area contributed by atoms with Gasteiger partial charge in [0, 0.05) is 44.0 Å². The Hall–Kier alpha value is -2.44. The van der Waals surface area contributed by atoms with Gasteiger partial charge in [-0.05, 0) is 56.3 Å². The van der Waals surface area contributed by atoms with Gasteiger partial charge in [0.15, 0.2) is 0 Å². The van der Waals surface area contributed by atoms with E-state index in [1.807, 2.05) is 13.2 Å². The predicted octanol–water partition coefficient (Wildman–Crippen LogP) is 2.24. The number of nitrogens with zero attached hydrogens (tertiary/aromatic N) is 4. The fourth-order valence-corrected chi connectivity index (χ4v) is 6.32. The van der Waals surface area contributed by atoms with E-state index in [1.165, 1.54) is 30.4 Å². The Bertz CT molecular complexity index is 940. The molecule has 0 aliphatic heterocycles. The zero-order valence-corrected chi connectivity index (χ0v) is 16.5. The second kappa shape index (κ2) is 6.29. The second-order valence-electron chi connectivity index (χ2n) is 9.36. The smallest absolute Gasteiger partial charge is 0.263 e. The van der Waals surface area contributed by atoms with Gasteiger partial charge in [0.1, 0.15) is 11.4 Å². The number of H-pyrrole nitrogens is 1. The Morgan fingerprint density at radius 2 is 1.86 bits per heavy atom. The Morgan fingerprint density at radius 1 is 1.21 bits per heavy atom. The van der Waals surface area contributed by atoms with Crippen LogP contribution >= 0.6 is 0 Å². The van der Waals surface area contributed by atoms with Crippen molar-refractivity contribution in [3.05, 3.63) is 45.9 Å². The van der Waals surface area contributed by atoms with E-state index in [4.69, 9.17) is 0 Å². The molecule has 2 heterocycles. The molecular formula is C21H27N5O2. The Morgan fingerprint density at radius 3 is 2.39 bits per heavy atom. The molecule has 0 radical (unpaired) electrons. The first-order chi connectivity index (χ1) is 13.4. The molecule has 0 spiro atoms. The first-order valence-corrected chi connectivity index (χ1v) is 10.2. The van der Waals surface area contributed by atoms with Crippen molar-refractivity contribution < 1.29 is 4.79 Å². The molecule has 6 rings (SSSR count). The topological polar surface area (TPSA) is 83.9 Å². The van der Waals surface area contributed by atoms with E-state index in [-0.39, 0.29) is 22.4 Å². The molecule has 7 heteroatoms. The van der Waals surface area contributed by atoms with Gasteiger partial charge in [-0.1, -0.05) is 0 Å². The van der Waals surface area contributed by atoms with E-state index in [9.17, 15) is 9.59 Å². The molecule has 0 saturated heterocycles. The van der Waals surface area contributed by atoms with Gasteiger partial charge in [-0.2, -0.15) is 5.10 Å². The maximum atomic E-state index is 12.8. The van der Waals surface area contributed by atoms with Gasteiger partial charge < -0.3 is 9.88 Å². The van der Waals surface area contributed by atoms with E-state index in [0.29, 0.717) is 6.54 Å². The van der Waals surface area contributed by atoms with Crippen LogP contribution in [0.3, 0.4) is 0 Å². The van der Waals surface area contributed by atoms with Crippen molar-refractivity contribution in [2.75, 3.05) is 7.05 Å². The van der Waals surface area contributed by atoms with Gasteiger partial charge >= 0.3 is 0 Å². The SMILES string of the molecule is CN(Cc1cnn(C)c1)C(=O)c1cnc(C23CC4CC(CC(C4)C2)C3)[nH]c1=O. The number of hydrogen-bond acceptors (Lipinski definition) is 4. The molecule has 1 N–H and O–H groups in total. The summed E-state index contributed by atoms with van der Waals surface area (Å²) in [6, 6.07) is 0. The largest absolute Gasteiger partial charge is 0.337 e. The maximum absolute atomic E-state index is 12.8. The normalized spacial score (nSPS) is 30.6. The number of hydrogen-bond donors (Lipinski definition) is 1. The lowest BCUT2D eigenvalue weighted by molar-refractivity contribution is -0.00954. The van der Waals surface area contributed by atoms with Crippen LogP contribution in [0.25, 0.3) is 0 Å². The molecule has 4 fully saturated rings. The van der Waals surface area contributed by atoms with Gasteiger partial charge in [-0.25, -0.2) is 4.98 Å². The molecular weight excluding hydrogens is 354 g/mol. The van der Waals surface area contributed by atoms with Gasteiger partial charge in [-0.15, -0.1) is 0 Å². The average molecular weight is 381 g/mol. The van der Waals surface area contributed by atoms with Gasteiger partial charge in [0.25, 0.3) is 11.5 Å². The summed E-state index contributed by atoms with van der Waals surface area (Å²) in [5.41, 5.74) is 0.744. The first-order valence-electron chi connectivity index (χ1n) is 10.2. The van der Waals surface area contributed by atoms with Crippen molar-refractivity contribution in [3.8, 4) is 0 Å². The highest BCUT2D eigenvalue weighted by molar-refractivity contribution is 5.93. The van der Waals surface area contributed by atoms with Crippen LogP contribution in [0, 0.1) is 17.8 Å². The number of aromatic amines is 1. The van der Waals surface area contributed by atoms with E-state index < -0.39 is 0 Å². The van der Waals surface area contributed by atoms with E-state index in [1.54, 1.807) is 17.9 Å². The van der Waals surface area contributed by atoms with Crippen molar-refractivity contribution >= 4 is 5.91 Å². The summed E-state index contributed by atoms with van der Waals surface area (Å²) >= 11 is 0. The molecule has 4 saturated carbocycles. The standard InChI is InChI=1S/C21H27N5O2/c1-25(11-16-9-23-26(2)12-16)19(28)17-10-22-20(24-18(17)27)21-6-13-3-14(7-21)5-15(4-13)8-21/h9-10,12-15H,3-8,11H2,1-2H3,(H,22,24,27). The molecule has 0 atom stereocenters. The number of rotatable bonds is 4. The maximum Gasteiger partial charge on any atom is 0.263 e. The summed E-state index contributed by atoms with van der Waals surface area (Å²) in [6.45, 7) is 0.406. The lowest BCUT2D eigenvalue weighted by atomic mass is 9.49. The fraction of sp³-hybridized carbons (Fsp3) is 0.619. The first kappa shape index (κ1) is 17.6. The van der Waals surface area contributed by atoms with Gasteiger partial charge in [-0.3, -0.25) is 14.3 Å². The third-order valence-electron chi connectivity index (χ3n) is 7.10. The average Bonchev–Trinajstić information content (AvgIpc) is 3.04. The molecule has 0 unspecified atom stereocenters. The van der Waals surface area contributed by atoms with Crippen molar-refractivity contribution in [2.24, 2.45) is 24.8 Å². The molecule has 0 aromatic carbocycles. The van der Waals surface area contributed by atoms with Crippen LogP contribution < -0.4 is 5.56 Å². The Kier molecular flexibility index (Phi) is 3.96. The van der Waals surface area contributed by atoms with E-state index >= 15 is 0 Å².